The van der Waals surface area contributed by atoms with Gasteiger partial charge in [0, 0.05) is 5.56 Å². The average Bonchev–Trinajstić information content (AvgIpc) is 2.26. The number of sulfone groups is 1. The second-order valence-corrected chi connectivity index (χ2v) is 5.68. The molecule has 2 N–H and O–H groups in total. The fraction of sp³-hybridized carbons (Fsp3) is 0.182. The maximum atomic E-state index is 11.6. The number of rotatable bonds is 5. The molecule has 1 amide bonds. The molecule has 0 aliphatic heterocycles. The van der Waals surface area contributed by atoms with Crippen molar-refractivity contribution in [2.24, 2.45) is 5.73 Å². The highest BCUT2D eigenvalue weighted by Gasteiger charge is 2.20. The first-order valence-corrected chi connectivity index (χ1v) is 6.68. The van der Waals surface area contributed by atoms with Crippen LogP contribution in [0, 0.1) is 11.3 Å². The molecule has 0 aliphatic rings. The van der Waals surface area contributed by atoms with Crippen LogP contribution in [0.1, 0.15) is 15.9 Å². The monoisotopic (exact) mass is 266 g/mol. The molecule has 0 saturated carbocycles. The van der Waals surface area contributed by atoms with Gasteiger partial charge in [0.15, 0.2) is 15.6 Å². The van der Waals surface area contributed by atoms with E-state index in [0.29, 0.717) is 5.56 Å². The molecular formula is C11H10N2O4S. The molecule has 1 rings (SSSR count). The summed E-state index contributed by atoms with van der Waals surface area (Å²) in [5.74, 6) is -3.26. The van der Waals surface area contributed by atoms with Crippen molar-refractivity contribution in [2.75, 3.05) is 11.5 Å². The summed E-state index contributed by atoms with van der Waals surface area (Å²) < 4.78 is 22.7. The molecular weight excluding hydrogens is 256 g/mol. The summed E-state index contributed by atoms with van der Waals surface area (Å²) in [6.45, 7) is 0. The average molecular weight is 266 g/mol. The molecule has 0 unspecified atom stereocenters. The summed E-state index contributed by atoms with van der Waals surface area (Å²) in [7, 11) is -3.83. The van der Waals surface area contributed by atoms with Crippen LogP contribution in [-0.2, 0) is 14.6 Å². The third-order valence-corrected chi connectivity index (χ3v) is 3.48. The summed E-state index contributed by atoms with van der Waals surface area (Å²) in [5, 5.41) is 8.57. The van der Waals surface area contributed by atoms with E-state index in [1.54, 1.807) is 0 Å². The summed E-state index contributed by atoms with van der Waals surface area (Å²) in [6.07, 6.45) is 0. The Hall–Kier alpha value is -2.20. The van der Waals surface area contributed by atoms with Gasteiger partial charge in [0.1, 0.15) is 11.5 Å². The Morgan fingerprint density at radius 3 is 2.17 bits per heavy atom. The molecule has 7 heteroatoms. The van der Waals surface area contributed by atoms with E-state index in [-0.39, 0.29) is 5.56 Å². The molecule has 1 aromatic carbocycles. The zero-order valence-electron chi connectivity index (χ0n) is 9.29. The van der Waals surface area contributed by atoms with Crippen molar-refractivity contribution in [1.29, 1.82) is 5.26 Å². The number of hydrogen-bond donors (Lipinski definition) is 1. The van der Waals surface area contributed by atoms with Gasteiger partial charge in [0.25, 0.3) is 0 Å². The smallest absolute Gasteiger partial charge is 0.232 e. The van der Waals surface area contributed by atoms with Gasteiger partial charge in [-0.25, -0.2) is 8.42 Å². The number of nitrogens with zero attached hydrogens (tertiary/aromatic N) is 1. The van der Waals surface area contributed by atoms with Crippen molar-refractivity contribution in [3.63, 3.8) is 0 Å². The summed E-state index contributed by atoms with van der Waals surface area (Å²) in [4.78, 5) is 22.1. The topological polar surface area (TPSA) is 118 Å². The van der Waals surface area contributed by atoms with Crippen LogP contribution in [-0.4, -0.2) is 31.6 Å². The van der Waals surface area contributed by atoms with E-state index in [1.165, 1.54) is 24.3 Å². The Labute approximate surface area is 104 Å². The molecule has 18 heavy (non-hydrogen) atoms. The number of primary amides is 1. The predicted molar refractivity (Wildman–Crippen MR) is 63.3 cm³/mol. The Morgan fingerprint density at radius 2 is 1.72 bits per heavy atom. The summed E-state index contributed by atoms with van der Waals surface area (Å²) in [5.41, 5.74) is 5.30. The first kappa shape index (κ1) is 13.9. The Kier molecular flexibility index (Phi) is 4.18. The highest BCUT2D eigenvalue weighted by molar-refractivity contribution is 7.92. The molecule has 0 spiro atoms. The number of ketones is 1. The molecule has 0 fully saturated rings. The van der Waals surface area contributed by atoms with Crippen molar-refractivity contribution < 1.29 is 18.0 Å². The zero-order valence-corrected chi connectivity index (χ0v) is 10.1. The molecule has 0 aliphatic carbocycles. The third-order valence-electron chi connectivity index (χ3n) is 2.05. The van der Waals surface area contributed by atoms with E-state index >= 15 is 0 Å². The number of Topliss-reactive ketones (excluding diaryl/α,β-unsaturated/α-hetero) is 1. The van der Waals surface area contributed by atoms with Gasteiger partial charge in [-0.1, -0.05) is 12.1 Å². The van der Waals surface area contributed by atoms with Crippen LogP contribution in [0.5, 0.6) is 0 Å². The number of nitrogens with two attached hydrogens (primary N) is 1. The quantitative estimate of drug-likeness (QED) is 0.730. The predicted octanol–water partition coefficient (Wildman–Crippen LogP) is -0.359. The highest BCUT2D eigenvalue weighted by Crippen LogP contribution is 2.06. The van der Waals surface area contributed by atoms with Gasteiger partial charge < -0.3 is 5.73 Å². The lowest BCUT2D eigenvalue weighted by Crippen LogP contribution is -2.27. The van der Waals surface area contributed by atoms with Crippen molar-refractivity contribution >= 4 is 21.5 Å². The van der Waals surface area contributed by atoms with E-state index in [2.05, 4.69) is 0 Å². The zero-order chi connectivity index (χ0) is 13.8. The van der Waals surface area contributed by atoms with Gasteiger partial charge in [-0.2, -0.15) is 5.26 Å². The van der Waals surface area contributed by atoms with Crippen LogP contribution in [0.2, 0.25) is 0 Å². The van der Waals surface area contributed by atoms with Gasteiger partial charge in [-0.3, -0.25) is 9.59 Å². The van der Waals surface area contributed by atoms with Gasteiger partial charge in [0.05, 0.1) is 11.6 Å². The second-order valence-electron chi connectivity index (χ2n) is 3.61. The normalized spacial score (nSPS) is 10.6. The first-order valence-electron chi connectivity index (χ1n) is 4.86. The van der Waals surface area contributed by atoms with Crippen molar-refractivity contribution in [3.05, 3.63) is 35.4 Å². The minimum atomic E-state index is -3.83. The van der Waals surface area contributed by atoms with Crippen LogP contribution < -0.4 is 5.73 Å². The Balaban J connectivity index is 2.83. The molecule has 0 saturated heterocycles. The van der Waals surface area contributed by atoms with Gasteiger partial charge >= 0.3 is 0 Å². The Bertz CT molecular complexity index is 611. The lowest BCUT2D eigenvalue weighted by molar-refractivity contribution is -0.115. The van der Waals surface area contributed by atoms with E-state index in [4.69, 9.17) is 11.0 Å². The standard InChI is InChI=1S/C11H10N2O4S/c12-5-8-1-3-9(4-2-8)10(14)6-18(16,17)7-11(13)15/h1-4H,6-7H2,(H2,13,15). The van der Waals surface area contributed by atoms with E-state index in [0.717, 1.165) is 0 Å². The van der Waals surface area contributed by atoms with Crippen molar-refractivity contribution in [1.82, 2.24) is 0 Å². The van der Waals surface area contributed by atoms with Crippen LogP contribution in [0.25, 0.3) is 0 Å². The van der Waals surface area contributed by atoms with E-state index < -0.39 is 33.0 Å². The van der Waals surface area contributed by atoms with Crippen LogP contribution in [0.15, 0.2) is 24.3 Å². The molecule has 6 nitrogen and oxygen atoms in total. The highest BCUT2D eigenvalue weighted by atomic mass is 32.2. The molecule has 94 valence electrons. The molecule has 0 heterocycles. The SMILES string of the molecule is N#Cc1ccc(C(=O)CS(=O)(=O)CC(N)=O)cc1. The molecule has 0 radical (unpaired) electrons. The third kappa shape index (κ3) is 3.99. The number of amides is 1. The molecule has 0 atom stereocenters. The lowest BCUT2D eigenvalue weighted by atomic mass is 10.1. The number of nitriles is 1. The lowest BCUT2D eigenvalue weighted by Gasteiger charge is -2.02. The summed E-state index contributed by atoms with van der Waals surface area (Å²) >= 11 is 0. The minimum absolute atomic E-state index is 0.169. The number of benzene rings is 1. The molecule has 0 bridgehead atoms. The van der Waals surface area contributed by atoms with E-state index in [1.807, 2.05) is 6.07 Å². The van der Waals surface area contributed by atoms with Crippen LogP contribution >= 0.6 is 0 Å². The van der Waals surface area contributed by atoms with Crippen LogP contribution in [0.4, 0.5) is 0 Å². The van der Waals surface area contributed by atoms with Crippen molar-refractivity contribution in [3.8, 4) is 6.07 Å². The Morgan fingerprint density at radius 1 is 1.17 bits per heavy atom. The fourth-order valence-electron chi connectivity index (χ4n) is 1.28. The number of carbonyl (C=O) groups excluding carboxylic acids is 2. The van der Waals surface area contributed by atoms with Gasteiger partial charge in [-0.05, 0) is 12.1 Å². The van der Waals surface area contributed by atoms with E-state index in [9.17, 15) is 18.0 Å². The number of carbonyl (C=O) groups is 2. The number of hydrogen-bond acceptors (Lipinski definition) is 5. The second kappa shape index (κ2) is 5.42. The van der Waals surface area contributed by atoms with Gasteiger partial charge in [0.2, 0.25) is 5.91 Å². The van der Waals surface area contributed by atoms with Crippen LogP contribution in [0.3, 0.4) is 0 Å². The largest absolute Gasteiger partial charge is 0.369 e. The van der Waals surface area contributed by atoms with Crippen molar-refractivity contribution in [2.45, 2.75) is 0 Å². The van der Waals surface area contributed by atoms with Gasteiger partial charge in [-0.15, -0.1) is 0 Å². The molecule has 1 aromatic rings. The summed E-state index contributed by atoms with van der Waals surface area (Å²) in [6, 6.07) is 7.42. The maximum Gasteiger partial charge on any atom is 0.232 e. The minimum Gasteiger partial charge on any atom is -0.369 e. The molecule has 0 aromatic heterocycles. The first-order chi connectivity index (χ1) is 8.34. The fourth-order valence-corrected chi connectivity index (χ4v) is 2.38. The maximum absolute atomic E-state index is 11.6.